The number of methoxy groups -OCH3 is 1. The number of anilines is 1. The van der Waals surface area contributed by atoms with Gasteiger partial charge in [0.15, 0.2) is 0 Å². The van der Waals surface area contributed by atoms with Gasteiger partial charge < -0.3 is 19.7 Å². The van der Waals surface area contributed by atoms with E-state index in [9.17, 15) is 4.79 Å². The molecule has 2 aromatic carbocycles. The van der Waals surface area contributed by atoms with Crippen LogP contribution in [-0.2, 0) is 6.54 Å². The summed E-state index contributed by atoms with van der Waals surface area (Å²) in [6, 6.07) is 13.4. The maximum atomic E-state index is 13.2. The molecule has 2 amide bonds. The van der Waals surface area contributed by atoms with Crippen molar-refractivity contribution in [2.75, 3.05) is 45.2 Å². The van der Waals surface area contributed by atoms with E-state index in [1.54, 1.807) is 18.2 Å². The maximum Gasteiger partial charge on any atom is 0.322 e. The van der Waals surface area contributed by atoms with Crippen molar-refractivity contribution in [3.8, 4) is 22.6 Å². The van der Waals surface area contributed by atoms with E-state index in [0.717, 1.165) is 42.1 Å². The Labute approximate surface area is 200 Å². The molecule has 1 aromatic heterocycles. The Morgan fingerprint density at radius 1 is 1.18 bits per heavy atom. The Morgan fingerprint density at radius 2 is 2.03 bits per heavy atom. The van der Waals surface area contributed by atoms with Crippen LogP contribution >= 0.6 is 0 Å². The number of H-pyrrole nitrogens is 1. The molecule has 0 bridgehead atoms. The fourth-order valence-corrected chi connectivity index (χ4v) is 4.14. The highest BCUT2D eigenvalue weighted by Crippen LogP contribution is 2.31. The van der Waals surface area contributed by atoms with Crippen molar-refractivity contribution in [1.82, 2.24) is 20.0 Å². The molecule has 4 rings (SSSR count). The topological polar surface area (TPSA) is 82.7 Å². The van der Waals surface area contributed by atoms with Crippen LogP contribution in [0, 0.1) is 0 Å². The van der Waals surface area contributed by atoms with E-state index in [-0.39, 0.29) is 6.03 Å². The van der Waals surface area contributed by atoms with Crippen LogP contribution in [-0.4, -0.2) is 65.9 Å². The Morgan fingerprint density at radius 3 is 2.76 bits per heavy atom. The second-order valence-corrected chi connectivity index (χ2v) is 8.39. The standard InChI is InChI=1S/C26H33N5O3/c1-3-31(19-20-7-6-8-23(15-20)33-2)26(32)29-24-10-9-21(22-17-27-28-18-22)16-25(24)34-14-13-30-11-4-5-12-30/h6-10,15-18H,3-5,11-14,19H2,1-2H3,(H,27,28)(H,29,32). The van der Waals surface area contributed by atoms with Gasteiger partial charge in [-0.2, -0.15) is 5.10 Å². The number of carbonyl (C=O) groups is 1. The maximum absolute atomic E-state index is 13.2. The molecule has 180 valence electrons. The minimum atomic E-state index is -0.175. The van der Waals surface area contributed by atoms with Crippen molar-refractivity contribution in [3.63, 3.8) is 0 Å². The zero-order valence-corrected chi connectivity index (χ0v) is 19.9. The van der Waals surface area contributed by atoms with Crippen LogP contribution in [0.15, 0.2) is 54.9 Å². The lowest BCUT2D eigenvalue weighted by Crippen LogP contribution is -2.34. The third kappa shape index (κ3) is 6.08. The summed E-state index contributed by atoms with van der Waals surface area (Å²) in [6.45, 7) is 6.71. The number of aromatic amines is 1. The van der Waals surface area contributed by atoms with Crippen molar-refractivity contribution in [2.45, 2.75) is 26.3 Å². The molecule has 0 unspecified atom stereocenters. The fourth-order valence-electron chi connectivity index (χ4n) is 4.14. The Kier molecular flexibility index (Phi) is 8.04. The molecule has 0 saturated carbocycles. The molecule has 34 heavy (non-hydrogen) atoms. The zero-order valence-electron chi connectivity index (χ0n) is 19.9. The molecule has 0 aliphatic carbocycles. The Hall–Kier alpha value is -3.52. The average Bonchev–Trinajstić information content (AvgIpc) is 3.58. The van der Waals surface area contributed by atoms with Crippen LogP contribution in [0.1, 0.15) is 25.3 Å². The number of benzene rings is 2. The summed E-state index contributed by atoms with van der Waals surface area (Å²) in [6.07, 6.45) is 6.11. The van der Waals surface area contributed by atoms with E-state index < -0.39 is 0 Å². The van der Waals surface area contributed by atoms with E-state index in [0.29, 0.717) is 31.1 Å². The lowest BCUT2D eigenvalue weighted by molar-refractivity contribution is 0.211. The number of carbonyl (C=O) groups excluding carboxylic acids is 1. The molecule has 8 heteroatoms. The van der Waals surface area contributed by atoms with Crippen LogP contribution in [0.2, 0.25) is 0 Å². The highest BCUT2D eigenvalue weighted by atomic mass is 16.5. The van der Waals surface area contributed by atoms with E-state index in [1.807, 2.05) is 55.6 Å². The molecule has 2 heterocycles. The third-order valence-corrected chi connectivity index (χ3v) is 6.10. The molecule has 2 N–H and O–H groups in total. The molecule has 8 nitrogen and oxygen atoms in total. The number of rotatable bonds is 10. The van der Waals surface area contributed by atoms with E-state index in [4.69, 9.17) is 9.47 Å². The first-order valence-corrected chi connectivity index (χ1v) is 11.8. The Bertz CT molecular complexity index is 1060. The van der Waals surface area contributed by atoms with Crippen LogP contribution in [0.3, 0.4) is 0 Å². The number of nitrogens with zero attached hydrogens (tertiary/aromatic N) is 3. The highest BCUT2D eigenvalue weighted by Gasteiger charge is 2.17. The molecule has 1 saturated heterocycles. The summed E-state index contributed by atoms with van der Waals surface area (Å²) >= 11 is 0. The van der Waals surface area contributed by atoms with Crippen molar-refractivity contribution < 1.29 is 14.3 Å². The zero-order chi connectivity index (χ0) is 23.8. The number of hydrogen-bond donors (Lipinski definition) is 2. The molecule has 1 aliphatic rings. The second-order valence-electron chi connectivity index (χ2n) is 8.39. The van der Waals surface area contributed by atoms with Gasteiger partial charge in [0, 0.05) is 31.4 Å². The fraction of sp³-hybridized carbons (Fsp3) is 0.385. The number of urea groups is 1. The third-order valence-electron chi connectivity index (χ3n) is 6.10. The smallest absolute Gasteiger partial charge is 0.322 e. The van der Waals surface area contributed by atoms with Crippen LogP contribution in [0.5, 0.6) is 11.5 Å². The minimum absolute atomic E-state index is 0.175. The van der Waals surface area contributed by atoms with Crippen LogP contribution in [0.4, 0.5) is 10.5 Å². The number of ether oxygens (including phenoxy) is 2. The van der Waals surface area contributed by atoms with Crippen molar-refractivity contribution in [3.05, 3.63) is 60.4 Å². The Balaban J connectivity index is 1.48. The van der Waals surface area contributed by atoms with Crippen molar-refractivity contribution in [2.24, 2.45) is 0 Å². The van der Waals surface area contributed by atoms with Gasteiger partial charge in [-0.1, -0.05) is 18.2 Å². The minimum Gasteiger partial charge on any atom is -0.497 e. The predicted molar refractivity (Wildman–Crippen MR) is 133 cm³/mol. The molecule has 0 atom stereocenters. The van der Waals surface area contributed by atoms with Gasteiger partial charge in [-0.05, 0) is 68.2 Å². The molecule has 3 aromatic rings. The van der Waals surface area contributed by atoms with Gasteiger partial charge in [-0.15, -0.1) is 0 Å². The predicted octanol–water partition coefficient (Wildman–Crippen LogP) is 4.61. The van der Waals surface area contributed by atoms with Gasteiger partial charge in [0.25, 0.3) is 0 Å². The monoisotopic (exact) mass is 463 g/mol. The van der Waals surface area contributed by atoms with Gasteiger partial charge >= 0.3 is 6.03 Å². The van der Waals surface area contributed by atoms with Gasteiger partial charge in [0.2, 0.25) is 0 Å². The highest BCUT2D eigenvalue weighted by molar-refractivity contribution is 5.91. The molecular formula is C26H33N5O3. The summed E-state index contributed by atoms with van der Waals surface area (Å²) in [5.74, 6) is 1.43. The lowest BCUT2D eigenvalue weighted by atomic mass is 10.1. The van der Waals surface area contributed by atoms with Crippen molar-refractivity contribution >= 4 is 11.7 Å². The SMILES string of the molecule is CCN(Cc1cccc(OC)c1)C(=O)Nc1ccc(-c2cn[nH]c2)cc1OCCN1CCCC1. The van der Waals surface area contributed by atoms with E-state index in [1.165, 1.54) is 12.8 Å². The number of aromatic nitrogens is 2. The quantitative estimate of drug-likeness (QED) is 0.459. The average molecular weight is 464 g/mol. The normalized spacial score (nSPS) is 13.6. The van der Waals surface area contributed by atoms with Crippen molar-refractivity contribution in [1.29, 1.82) is 0 Å². The van der Waals surface area contributed by atoms with Gasteiger partial charge in [0.1, 0.15) is 18.1 Å². The van der Waals surface area contributed by atoms with Crippen LogP contribution in [0.25, 0.3) is 11.1 Å². The number of nitrogens with one attached hydrogen (secondary N) is 2. The van der Waals surface area contributed by atoms with Crippen LogP contribution < -0.4 is 14.8 Å². The number of likely N-dealkylation sites (tertiary alicyclic amines) is 1. The molecule has 0 spiro atoms. The summed E-state index contributed by atoms with van der Waals surface area (Å²) < 4.78 is 11.5. The second kappa shape index (κ2) is 11.6. The molecule has 1 fully saturated rings. The van der Waals surface area contributed by atoms with Gasteiger partial charge in [-0.3, -0.25) is 10.00 Å². The first-order valence-electron chi connectivity index (χ1n) is 11.8. The summed E-state index contributed by atoms with van der Waals surface area (Å²) in [7, 11) is 1.64. The van der Waals surface area contributed by atoms with Gasteiger partial charge in [-0.25, -0.2) is 4.79 Å². The first kappa shape index (κ1) is 23.6. The van der Waals surface area contributed by atoms with Gasteiger partial charge in [0.05, 0.1) is 19.0 Å². The summed E-state index contributed by atoms with van der Waals surface area (Å²) in [4.78, 5) is 17.3. The lowest BCUT2D eigenvalue weighted by Gasteiger charge is -2.23. The summed E-state index contributed by atoms with van der Waals surface area (Å²) in [5.41, 5.74) is 3.61. The summed E-state index contributed by atoms with van der Waals surface area (Å²) in [5, 5.41) is 9.94. The largest absolute Gasteiger partial charge is 0.497 e. The van der Waals surface area contributed by atoms with E-state index in [2.05, 4.69) is 20.4 Å². The molecule has 0 radical (unpaired) electrons. The number of amides is 2. The van der Waals surface area contributed by atoms with E-state index >= 15 is 0 Å². The number of hydrogen-bond acceptors (Lipinski definition) is 5. The first-order chi connectivity index (χ1) is 16.7. The molecular weight excluding hydrogens is 430 g/mol. The molecule has 1 aliphatic heterocycles.